The minimum atomic E-state index is 0.0485. The van der Waals surface area contributed by atoms with Gasteiger partial charge in [0, 0.05) is 36.2 Å². The first-order valence-electron chi connectivity index (χ1n) is 11.6. The Morgan fingerprint density at radius 3 is 2.76 bits per heavy atom. The summed E-state index contributed by atoms with van der Waals surface area (Å²) in [7, 11) is 0. The smallest absolute Gasteiger partial charge is 0.238 e. The number of amides is 1. The summed E-state index contributed by atoms with van der Waals surface area (Å²) in [6, 6.07) is 14.6. The average molecular weight is 509 g/mol. The number of anilines is 1. The van der Waals surface area contributed by atoms with E-state index in [2.05, 4.69) is 82.2 Å². The summed E-state index contributed by atoms with van der Waals surface area (Å²) in [5.41, 5.74) is 4.52. The van der Waals surface area contributed by atoms with Crippen LogP contribution >= 0.6 is 15.9 Å². The molecule has 1 saturated heterocycles. The number of rotatable bonds is 5. The molecule has 0 saturated carbocycles. The molecule has 1 fully saturated rings. The molecule has 8 heteroatoms. The van der Waals surface area contributed by atoms with Gasteiger partial charge in [0.25, 0.3) is 0 Å². The van der Waals surface area contributed by atoms with Crippen molar-refractivity contribution in [1.29, 1.82) is 0 Å². The molecule has 5 rings (SSSR count). The largest absolute Gasteiger partial charge is 0.325 e. The van der Waals surface area contributed by atoms with Crippen molar-refractivity contribution in [2.75, 3.05) is 38.0 Å². The van der Waals surface area contributed by atoms with Gasteiger partial charge >= 0.3 is 0 Å². The summed E-state index contributed by atoms with van der Waals surface area (Å²) < 4.78 is 3.23. The van der Waals surface area contributed by atoms with Gasteiger partial charge in [-0.15, -0.1) is 10.2 Å². The van der Waals surface area contributed by atoms with E-state index in [4.69, 9.17) is 0 Å². The number of hydrogen-bond donors (Lipinski definition) is 1. The van der Waals surface area contributed by atoms with Gasteiger partial charge in [-0.2, -0.15) is 0 Å². The highest BCUT2D eigenvalue weighted by atomic mass is 79.9. The fourth-order valence-electron chi connectivity index (χ4n) is 4.85. The molecule has 0 atom stereocenters. The lowest BCUT2D eigenvalue weighted by atomic mass is 10.0. The van der Waals surface area contributed by atoms with Gasteiger partial charge in [-0.05, 0) is 74.3 Å². The van der Waals surface area contributed by atoms with E-state index in [1.54, 1.807) is 0 Å². The Hall–Kier alpha value is -2.55. The molecule has 2 aliphatic rings. The number of nitrogens with zero attached hydrogens (tertiary/aromatic N) is 5. The summed E-state index contributed by atoms with van der Waals surface area (Å²) in [6.07, 6.45) is 2.85. The highest BCUT2D eigenvalue weighted by molar-refractivity contribution is 9.10. The van der Waals surface area contributed by atoms with Crippen molar-refractivity contribution in [3.8, 4) is 5.69 Å². The Kier molecular flexibility index (Phi) is 6.57. The van der Waals surface area contributed by atoms with Gasteiger partial charge in [0.2, 0.25) is 5.91 Å². The maximum Gasteiger partial charge on any atom is 0.238 e. The third-order valence-electron chi connectivity index (χ3n) is 6.46. The van der Waals surface area contributed by atoms with Crippen molar-refractivity contribution in [2.45, 2.75) is 32.7 Å². The standard InChI is InChI=1S/C25H29BrN6O/c1-18-28-29-24-9-6-20-15-22(7-8-23(20)32(18)24)27-25(33)17-31-11-3-10-30(12-13-31)16-19-4-2-5-21(26)14-19/h2,4-5,7-8,14-15H,3,6,9-13,16-17H2,1H3,(H,27,33). The summed E-state index contributed by atoms with van der Waals surface area (Å²) in [5, 5.41) is 11.6. The molecule has 3 aromatic rings. The maximum absolute atomic E-state index is 12.8. The highest BCUT2D eigenvalue weighted by Gasteiger charge is 2.21. The normalized spacial score (nSPS) is 16.7. The summed E-state index contributed by atoms with van der Waals surface area (Å²) in [5.74, 6) is 1.96. The fraction of sp³-hybridized carbons (Fsp3) is 0.400. The topological polar surface area (TPSA) is 66.3 Å². The highest BCUT2D eigenvalue weighted by Crippen LogP contribution is 2.27. The molecule has 1 N–H and O–H groups in total. The molecule has 0 radical (unpaired) electrons. The van der Waals surface area contributed by atoms with Gasteiger partial charge in [0.05, 0.1) is 12.2 Å². The summed E-state index contributed by atoms with van der Waals surface area (Å²) in [6.45, 7) is 7.23. The Morgan fingerprint density at radius 1 is 1.03 bits per heavy atom. The molecule has 172 valence electrons. The van der Waals surface area contributed by atoms with Gasteiger partial charge in [0.15, 0.2) is 0 Å². The molecular weight excluding hydrogens is 480 g/mol. The predicted molar refractivity (Wildman–Crippen MR) is 133 cm³/mol. The quantitative estimate of drug-likeness (QED) is 0.570. The Balaban J connectivity index is 1.16. The molecule has 1 amide bonds. The zero-order valence-corrected chi connectivity index (χ0v) is 20.5. The van der Waals surface area contributed by atoms with Crippen LogP contribution in [-0.2, 0) is 24.2 Å². The van der Waals surface area contributed by atoms with Crippen LogP contribution in [0.25, 0.3) is 5.69 Å². The molecular formula is C25H29BrN6O. The van der Waals surface area contributed by atoms with Crippen molar-refractivity contribution >= 4 is 27.5 Å². The molecule has 0 unspecified atom stereocenters. The van der Waals surface area contributed by atoms with E-state index in [1.165, 1.54) is 11.1 Å². The van der Waals surface area contributed by atoms with E-state index in [0.29, 0.717) is 6.54 Å². The van der Waals surface area contributed by atoms with E-state index in [0.717, 1.165) is 79.5 Å². The second-order valence-electron chi connectivity index (χ2n) is 8.93. The molecule has 0 bridgehead atoms. The third-order valence-corrected chi connectivity index (χ3v) is 6.95. The fourth-order valence-corrected chi connectivity index (χ4v) is 5.29. The first kappa shape index (κ1) is 22.3. The molecule has 2 aliphatic heterocycles. The molecule has 0 spiro atoms. The number of nitrogens with one attached hydrogen (secondary N) is 1. The number of carbonyl (C=O) groups is 1. The molecule has 3 heterocycles. The van der Waals surface area contributed by atoms with E-state index in [-0.39, 0.29) is 5.91 Å². The number of aromatic nitrogens is 3. The number of aryl methyl sites for hydroxylation is 3. The number of benzene rings is 2. The van der Waals surface area contributed by atoms with Gasteiger partial charge in [-0.3, -0.25) is 19.2 Å². The lowest BCUT2D eigenvalue weighted by Gasteiger charge is -2.22. The molecule has 7 nitrogen and oxygen atoms in total. The van der Waals surface area contributed by atoms with Crippen LogP contribution in [0.15, 0.2) is 46.9 Å². The van der Waals surface area contributed by atoms with E-state index >= 15 is 0 Å². The second kappa shape index (κ2) is 9.75. The maximum atomic E-state index is 12.8. The zero-order chi connectivity index (χ0) is 22.8. The van der Waals surface area contributed by atoms with Crippen LogP contribution in [0.4, 0.5) is 5.69 Å². The monoisotopic (exact) mass is 508 g/mol. The zero-order valence-electron chi connectivity index (χ0n) is 18.9. The van der Waals surface area contributed by atoms with Crippen molar-refractivity contribution < 1.29 is 4.79 Å². The summed E-state index contributed by atoms with van der Waals surface area (Å²) >= 11 is 3.56. The van der Waals surface area contributed by atoms with Crippen LogP contribution in [0.5, 0.6) is 0 Å². The van der Waals surface area contributed by atoms with E-state index < -0.39 is 0 Å². The van der Waals surface area contributed by atoms with Crippen molar-refractivity contribution in [2.24, 2.45) is 0 Å². The lowest BCUT2D eigenvalue weighted by Crippen LogP contribution is -2.36. The minimum absolute atomic E-state index is 0.0485. The van der Waals surface area contributed by atoms with Gasteiger partial charge < -0.3 is 5.32 Å². The number of fused-ring (bicyclic) bond motifs is 3. The van der Waals surface area contributed by atoms with Gasteiger partial charge in [-0.25, -0.2) is 0 Å². The predicted octanol–water partition coefficient (Wildman–Crippen LogP) is 3.58. The van der Waals surface area contributed by atoms with Crippen LogP contribution < -0.4 is 5.32 Å². The van der Waals surface area contributed by atoms with Crippen molar-refractivity contribution in [1.82, 2.24) is 24.6 Å². The molecule has 33 heavy (non-hydrogen) atoms. The molecule has 1 aromatic heterocycles. The first-order chi connectivity index (χ1) is 16.0. The average Bonchev–Trinajstić information content (AvgIpc) is 3.04. The number of hydrogen-bond acceptors (Lipinski definition) is 5. The minimum Gasteiger partial charge on any atom is -0.325 e. The molecule has 0 aliphatic carbocycles. The van der Waals surface area contributed by atoms with Crippen LogP contribution in [0.1, 0.15) is 29.2 Å². The Bertz CT molecular complexity index is 1160. The lowest BCUT2D eigenvalue weighted by molar-refractivity contribution is -0.117. The SMILES string of the molecule is Cc1nnc2n1-c1ccc(NC(=O)CN3CCCN(Cc4cccc(Br)c4)CC3)cc1CC2. The van der Waals surface area contributed by atoms with Crippen molar-refractivity contribution in [3.05, 3.63) is 69.7 Å². The van der Waals surface area contributed by atoms with Gasteiger partial charge in [0.1, 0.15) is 11.6 Å². The third kappa shape index (κ3) is 5.18. The van der Waals surface area contributed by atoms with E-state index in [9.17, 15) is 4.79 Å². The van der Waals surface area contributed by atoms with E-state index in [1.807, 2.05) is 13.0 Å². The second-order valence-corrected chi connectivity index (χ2v) is 9.84. The van der Waals surface area contributed by atoms with Crippen LogP contribution in [-0.4, -0.2) is 63.2 Å². The number of carbonyl (C=O) groups excluding carboxylic acids is 1. The molecule has 2 aromatic carbocycles. The number of halogens is 1. The van der Waals surface area contributed by atoms with Crippen LogP contribution in [0.2, 0.25) is 0 Å². The summed E-state index contributed by atoms with van der Waals surface area (Å²) in [4.78, 5) is 17.5. The van der Waals surface area contributed by atoms with Gasteiger partial charge in [-0.1, -0.05) is 28.1 Å². The first-order valence-corrected chi connectivity index (χ1v) is 12.4. The van der Waals surface area contributed by atoms with Crippen LogP contribution in [0.3, 0.4) is 0 Å². The van der Waals surface area contributed by atoms with Crippen LogP contribution in [0, 0.1) is 6.92 Å². The Morgan fingerprint density at radius 2 is 1.88 bits per heavy atom. The Labute approximate surface area is 202 Å². The van der Waals surface area contributed by atoms with Crippen molar-refractivity contribution in [3.63, 3.8) is 0 Å².